The highest BCUT2D eigenvalue weighted by Gasteiger charge is 2.32. The first-order valence-electron chi connectivity index (χ1n) is 7.99. The Morgan fingerprint density at radius 1 is 1.42 bits per heavy atom. The molecule has 2 unspecified atom stereocenters. The van der Waals surface area contributed by atoms with Crippen molar-refractivity contribution < 1.29 is 10.0 Å². The minimum Gasteiger partial charge on any atom is -0.385 e. The minimum atomic E-state index is -0.698. The van der Waals surface area contributed by atoms with Crippen LogP contribution in [0.25, 0.3) is 0 Å². The van der Waals surface area contributed by atoms with Crippen LogP contribution in [0, 0.1) is 23.0 Å². The van der Waals surface area contributed by atoms with E-state index in [4.69, 9.17) is 0 Å². The van der Waals surface area contributed by atoms with Gasteiger partial charge in [-0.2, -0.15) is 0 Å². The van der Waals surface area contributed by atoms with Crippen molar-refractivity contribution in [3.8, 4) is 0 Å². The first-order chi connectivity index (χ1) is 11.5. The third-order valence-electron chi connectivity index (χ3n) is 4.62. The van der Waals surface area contributed by atoms with Gasteiger partial charge in [0.1, 0.15) is 11.9 Å². The molecule has 1 saturated heterocycles. The predicted molar refractivity (Wildman–Crippen MR) is 88.7 cm³/mol. The van der Waals surface area contributed by atoms with Crippen molar-refractivity contribution in [1.29, 1.82) is 0 Å². The van der Waals surface area contributed by atoms with Gasteiger partial charge in [0.15, 0.2) is 0 Å². The molecule has 2 atom stereocenters. The van der Waals surface area contributed by atoms with Gasteiger partial charge in [-0.3, -0.25) is 10.1 Å². The number of rotatable bonds is 4. The number of anilines is 1. The summed E-state index contributed by atoms with van der Waals surface area (Å²) in [5, 5.41) is 22.1. The van der Waals surface area contributed by atoms with Gasteiger partial charge in [-0.05, 0) is 25.8 Å². The summed E-state index contributed by atoms with van der Waals surface area (Å²) in [5.41, 5.74) is 0.640. The summed E-state index contributed by atoms with van der Waals surface area (Å²) in [6.45, 7) is 2.93. The van der Waals surface area contributed by atoms with E-state index in [1.165, 1.54) is 0 Å². The lowest BCUT2D eigenvalue weighted by atomic mass is 9.92. The molecule has 0 aromatic carbocycles. The highest BCUT2D eigenvalue weighted by atomic mass is 16.6. The first kappa shape index (κ1) is 16.4. The lowest BCUT2D eigenvalue weighted by Gasteiger charge is -2.35. The topological polar surface area (TPSA) is 97.3 Å². The molecule has 128 valence electrons. The van der Waals surface area contributed by atoms with Crippen LogP contribution >= 0.6 is 0 Å². The van der Waals surface area contributed by atoms with Gasteiger partial charge in [0.05, 0.1) is 4.92 Å². The summed E-state index contributed by atoms with van der Waals surface area (Å²) in [5.74, 6) is 0.965. The molecule has 3 rings (SSSR count). The number of pyridine rings is 1. The molecule has 1 aliphatic heterocycles. The predicted octanol–water partition coefficient (Wildman–Crippen LogP) is 1.98. The molecule has 2 aromatic heterocycles. The molecule has 1 fully saturated rings. The van der Waals surface area contributed by atoms with Gasteiger partial charge in [-0.1, -0.05) is 0 Å². The molecule has 1 N–H and O–H groups in total. The van der Waals surface area contributed by atoms with Crippen LogP contribution in [0.4, 0.5) is 11.5 Å². The van der Waals surface area contributed by atoms with Gasteiger partial charge in [0, 0.05) is 50.2 Å². The van der Waals surface area contributed by atoms with E-state index in [1.807, 2.05) is 11.9 Å². The van der Waals surface area contributed by atoms with Crippen molar-refractivity contribution in [2.24, 2.45) is 13.0 Å². The fourth-order valence-electron chi connectivity index (χ4n) is 3.33. The summed E-state index contributed by atoms with van der Waals surface area (Å²) in [6, 6.07) is 1.64. The third kappa shape index (κ3) is 2.96. The van der Waals surface area contributed by atoms with Gasteiger partial charge < -0.3 is 14.6 Å². The highest BCUT2D eigenvalue weighted by molar-refractivity contribution is 5.61. The molecule has 0 aliphatic carbocycles. The second kappa shape index (κ2) is 6.56. The number of aliphatic hydroxyl groups excluding tert-OH is 1. The maximum absolute atomic E-state index is 11.4. The first-order valence-corrected chi connectivity index (χ1v) is 7.99. The molecule has 2 aromatic rings. The number of aromatic nitrogens is 3. The van der Waals surface area contributed by atoms with Gasteiger partial charge in [-0.15, -0.1) is 0 Å². The summed E-state index contributed by atoms with van der Waals surface area (Å²) >= 11 is 0. The molecular formula is C16H21N5O3. The van der Waals surface area contributed by atoms with E-state index in [0.29, 0.717) is 30.3 Å². The Labute approximate surface area is 139 Å². The molecule has 0 spiro atoms. The maximum Gasteiger partial charge on any atom is 0.314 e. The molecule has 1 aliphatic rings. The molecule has 8 nitrogen and oxygen atoms in total. The van der Waals surface area contributed by atoms with Gasteiger partial charge >= 0.3 is 5.69 Å². The smallest absolute Gasteiger partial charge is 0.314 e. The fraction of sp³-hybridized carbons (Fsp3) is 0.500. The zero-order chi connectivity index (χ0) is 17.3. The van der Waals surface area contributed by atoms with Crippen molar-refractivity contribution >= 4 is 11.5 Å². The van der Waals surface area contributed by atoms with E-state index in [1.54, 1.807) is 36.1 Å². The van der Waals surface area contributed by atoms with E-state index < -0.39 is 6.10 Å². The summed E-state index contributed by atoms with van der Waals surface area (Å²) in [7, 11) is 1.85. The second-order valence-corrected chi connectivity index (χ2v) is 6.25. The summed E-state index contributed by atoms with van der Waals surface area (Å²) in [4.78, 5) is 21.4. The molecule has 0 saturated carbocycles. The number of imidazole rings is 1. The Balaban J connectivity index is 1.86. The van der Waals surface area contributed by atoms with Crippen LogP contribution in [0.1, 0.15) is 30.3 Å². The van der Waals surface area contributed by atoms with Crippen LogP contribution in [0.2, 0.25) is 0 Å². The Bertz CT molecular complexity index is 745. The molecular weight excluding hydrogens is 310 g/mol. The number of hydrogen-bond acceptors (Lipinski definition) is 6. The van der Waals surface area contributed by atoms with Crippen LogP contribution in [0.5, 0.6) is 0 Å². The molecule has 24 heavy (non-hydrogen) atoms. The molecule has 0 radical (unpaired) electrons. The third-order valence-corrected chi connectivity index (χ3v) is 4.62. The number of piperidine rings is 1. The Kier molecular flexibility index (Phi) is 4.48. The average molecular weight is 331 g/mol. The fourth-order valence-corrected chi connectivity index (χ4v) is 3.33. The Hall–Kier alpha value is -2.48. The molecule has 0 amide bonds. The maximum atomic E-state index is 11.4. The van der Waals surface area contributed by atoms with E-state index in [2.05, 4.69) is 9.97 Å². The van der Waals surface area contributed by atoms with Crippen molar-refractivity contribution in [2.75, 3.05) is 18.0 Å². The lowest BCUT2D eigenvalue weighted by molar-refractivity contribution is -0.384. The van der Waals surface area contributed by atoms with Gasteiger partial charge in [0.2, 0.25) is 5.82 Å². The van der Waals surface area contributed by atoms with E-state index in [0.717, 1.165) is 12.8 Å². The van der Waals surface area contributed by atoms with Gasteiger partial charge in [-0.25, -0.2) is 9.97 Å². The molecule has 0 bridgehead atoms. The highest BCUT2D eigenvalue weighted by Crippen LogP contribution is 2.35. The average Bonchev–Trinajstić information content (AvgIpc) is 2.99. The number of nitrogens with zero attached hydrogens (tertiary/aromatic N) is 5. The van der Waals surface area contributed by atoms with Crippen LogP contribution in [0.15, 0.2) is 24.7 Å². The Morgan fingerprint density at radius 2 is 2.21 bits per heavy atom. The number of nitro groups is 1. The SMILES string of the molecule is Cc1ccnc(N2CCCC(C(O)c3nccn3C)C2)c1[N+](=O)[O-]. The molecule has 3 heterocycles. The number of aryl methyl sites for hydroxylation is 2. The zero-order valence-electron chi connectivity index (χ0n) is 13.8. The van der Waals surface area contributed by atoms with Crippen molar-refractivity contribution in [3.05, 3.63) is 46.2 Å². The zero-order valence-corrected chi connectivity index (χ0v) is 13.8. The second-order valence-electron chi connectivity index (χ2n) is 6.25. The standard InChI is InChI=1S/C16H21N5O3/c1-11-5-6-17-15(13(11)21(23)24)20-8-3-4-12(10-20)14(22)16-18-7-9-19(16)2/h5-7,9,12,14,22H,3-4,8,10H2,1-2H3. The van der Waals surface area contributed by atoms with Gasteiger partial charge in [0.25, 0.3) is 0 Å². The van der Waals surface area contributed by atoms with Crippen molar-refractivity contribution in [2.45, 2.75) is 25.9 Å². The van der Waals surface area contributed by atoms with Crippen LogP contribution in [-0.2, 0) is 7.05 Å². The van der Waals surface area contributed by atoms with Crippen LogP contribution in [-0.4, -0.2) is 37.7 Å². The summed E-state index contributed by atoms with van der Waals surface area (Å²) < 4.78 is 1.80. The Morgan fingerprint density at radius 3 is 2.88 bits per heavy atom. The summed E-state index contributed by atoms with van der Waals surface area (Å²) in [6.07, 6.45) is 6.05. The minimum absolute atomic E-state index is 0.0400. The van der Waals surface area contributed by atoms with Crippen LogP contribution < -0.4 is 4.90 Å². The largest absolute Gasteiger partial charge is 0.385 e. The molecule has 8 heteroatoms. The number of aliphatic hydroxyl groups is 1. The van der Waals surface area contributed by atoms with Crippen molar-refractivity contribution in [3.63, 3.8) is 0 Å². The number of hydrogen-bond donors (Lipinski definition) is 1. The monoisotopic (exact) mass is 331 g/mol. The normalized spacial score (nSPS) is 19.3. The van der Waals surface area contributed by atoms with Crippen LogP contribution in [0.3, 0.4) is 0 Å². The lowest BCUT2D eigenvalue weighted by Crippen LogP contribution is -2.39. The quantitative estimate of drug-likeness (QED) is 0.679. The van der Waals surface area contributed by atoms with E-state index in [-0.39, 0.29) is 16.5 Å². The van der Waals surface area contributed by atoms with E-state index >= 15 is 0 Å². The van der Waals surface area contributed by atoms with Crippen molar-refractivity contribution in [1.82, 2.24) is 14.5 Å². The van der Waals surface area contributed by atoms with E-state index in [9.17, 15) is 15.2 Å².